The molecule has 0 saturated heterocycles. The van der Waals surface area contributed by atoms with Crippen LogP contribution >= 0.6 is 0 Å². The molecule has 130 valence electrons. The predicted octanol–water partition coefficient (Wildman–Crippen LogP) is 2.50. The number of carbonyl (C=O) groups is 2. The van der Waals surface area contributed by atoms with Crippen molar-refractivity contribution in [2.45, 2.75) is 18.9 Å². The average Bonchev–Trinajstić information content (AvgIpc) is 3.42. The molecule has 2 atom stereocenters. The molecule has 0 unspecified atom stereocenters. The Hall–Kier alpha value is -2.76. The van der Waals surface area contributed by atoms with Crippen molar-refractivity contribution in [2.24, 2.45) is 5.92 Å². The van der Waals surface area contributed by atoms with E-state index in [4.69, 9.17) is 0 Å². The molecule has 6 heteroatoms. The summed E-state index contributed by atoms with van der Waals surface area (Å²) in [4.78, 5) is 23.8. The first-order valence-corrected chi connectivity index (χ1v) is 8.08. The van der Waals surface area contributed by atoms with Crippen molar-refractivity contribution in [3.8, 4) is 0 Å². The fourth-order valence-electron chi connectivity index (χ4n) is 2.75. The van der Waals surface area contributed by atoms with Crippen LogP contribution in [0.15, 0.2) is 48.5 Å². The van der Waals surface area contributed by atoms with E-state index in [9.17, 15) is 18.4 Å². The first-order chi connectivity index (χ1) is 12.0. The Balaban J connectivity index is 1.42. The number of rotatable bonds is 6. The van der Waals surface area contributed by atoms with E-state index in [0.717, 1.165) is 17.7 Å². The van der Waals surface area contributed by atoms with Gasteiger partial charge in [0.05, 0.1) is 6.54 Å². The molecule has 1 aliphatic rings. The number of carbonyl (C=O) groups excluding carboxylic acids is 2. The highest BCUT2D eigenvalue weighted by atomic mass is 19.2. The monoisotopic (exact) mass is 344 g/mol. The summed E-state index contributed by atoms with van der Waals surface area (Å²) in [5, 5.41) is 5.31. The topological polar surface area (TPSA) is 58.2 Å². The number of hydrogen-bond donors (Lipinski definition) is 2. The third-order valence-electron chi connectivity index (χ3n) is 4.25. The summed E-state index contributed by atoms with van der Waals surface area (Å²) in [6, 6.07) is 13.1. The Morgan fingerprint density at radius 2 is 1.76 bits per heavy atom. The van der Waals surface area contributed by atoms with Gasteiger partial charge in [0.15, 0.2) is 11.6 Å². The molecule has 2 N–H and O–H groups in total. The fraction of sp³-hybridized carbons (Fsp3) is 0.263. The lowest BCUT2D eigenvalue weighted by Gasteiger charge is -2.07. The van der Waals surface area contributed by atoms with Crippen LogP contribution in [0.3, 0.4) is 0 Å². The van der Waals surface area contributed by atoms with Crippen LogP contribution in [0, 0.1) is 17.6 Å². The Bertz CT molecular complexity index is 780. The van der Waals surface area contributed by atoms with Crippen molar-refractivity contribution in [1.82, 2.24) is 10.6 Å². The highest BCUT2D eigenvalue weighted by Crippen LogP contribution is 2.47. The summed E-state index contributed by atoms with van der Waals surface area (Å²) in [5.41, 5.74) is 1.58. The van der Waals surface area contributed by atoms with E-state index in [-0.39, 0.29) is 30.2 Å². The van der Waals surface area contributed by atoms with E-state index in [0.29, 0.717) is 18.5 Å². The van der Waals surface area contributed by atoms with E-state index in [2.05, 4.69) is 10.6 Å². The normalized spacial score (nSPS) is 18.5. The van der Waals surface area contributed by atoms with E-state index in [1.807, 2.05) is 30.3 Å². The summed E-state index contributed by atoms with van der Waals surface area (Å²) in [6.07, 6.45) is 0.572. The zero-order chi connectivity index (χ0) is 17.8. The maximum absolute atomic E-state index is 13.2. The lowest BCUT2D eigenvalue weighted by atomic mass is 10.1. The maximum Gasteiger partial charge on any atom is 0.239 e. The Kier molecular flexibility index (Phi) is 5.07. The molecule has 0 aromatic heterocycles. The second-order valence-electron chi connectivity index (χ2n) is 6.10. The van der Waals surface area contributed by atoms with Gasteiger partial charge < -0.3 is 10.6 Å². The van der Waals surface area contributed by atoms with Gasteiger partial charge in [-0.3, -0.25) is 9.59 Å². The second kappa shape index (κ2) is 7.42. The lowest BCUT2D eigenvalue weighted by molar-refractivity contribution is -0.126. The summed E-state index contributed by atoms with van der Waals surface area (Å²) in [5.74, 6) is -2.76. The molecule has 0 bridgehead atoms. The van der Waals surface area contributed by atoms with Crippen LogP contribution < -0.4 is 10.6 Å². The van der Waals surface area contributed by atoms with Gasteiger partial charge in [-0.1, -0.05) is 36.4 Å². The third-order valence-corrected chi connectivity index (χ3v) is 4.25. The minimum Gasteiger partial charge on any atom is -0.350 e. The van der Waals surface area contributed by atoms with Crippen LogP contribution in [-0.2, 0) is 16.1 Å². The summed E-state index contributed by atoms with van der Waals surface area (Å²) in [7, 11) is 0. The Labute approximate surface area is 144 Å². The molecular weight excluding hydrogens is 326 g/mol. The molecule has 0 heterocycles. The molecule has 1 fully saturated rings. The molecule has 3 rings (SSSR count). The van der Waals surface area contributed by atoms with Gasteiger partial charge in [-0.2, -0.15) is 0 Å². The molecule has 1 saturated carbocycles. The lowest BCUT2D eigenvalue weighted by Crippen LogP contribution is -2.37. The van der Waals surface area contributed by atoms with Gasteiger partial charge in [0.1, 0.15) is 0 Å². The number of nitrogens with one attached hydrogen (secondary N) is 2. The van der Waals surface area contributed by atoms with Gasteiger partial charge >= 0.3 is 0 Å². The summed E-state index contributed by atoms with van der Waals surface area (Å²) < 4.78 is 26.2. The van der Waals surface area contributed by atoms with Gasteiger partial charge in [-0.25, -0.2) is 8.78 Å². The second-order valence-corrected chi connectivity index (χ2v) is 6.10. The number of hydrogen-bond acceptors (Lipinski definition) is 2. The Morgan fingerprint density at radius 3 is 2.48 bits per heavy atom. The highest BCUT2D eigenvalue weighted by Gasteiger charge is 2.44. The zero-order valence-electron chi connectivity index (χ0n) is 13.5. The number of benzene rings is 2. The first kappa shape index (κ1) is 17.1. The summed E-state index contributed by atoms with van der Waals surface area (Å²) in [6.45, 7) is 0.295. The molecule has 0 aliphatic heterocycles. The van der Waals surface area contributed by atoms with Crippen molar-refractivity contribution in [3.05, 3.63) is 71.3 Å². The number of amides is 2. The van der Waals surface area contributed by atoms with Crippen LogP contribution in [0.25, 0.3) is 0 Å². The van der Waals surface area contributed by atoms with Gasteiger partial charge in [0.2, 0.25) is 11.8 Å². The van der Waals surface area contributed by atoms with Crippen LogP contribution in [0.1, 0.15) is 23.5 Å². The van der Waals surface area contributed by atoms with Gasteiger partial charge in [-0.15, -0.1) is 0 Å². The van der Waals surface area contributed by atoms with Crippen LogP contribution in [-0.4, -0.2) is 18.4 Å². The first-order valence-electron chi connectivity index (χ1n) is 8.08. The van der Waals surface area contributed by atoms with Crippen molar-refractivity contribution in [2.75, 3.05) is 6.54 Å². The quantitative estimate of drug-likeness (QED) is 0.846. The van der Waals surface area contributed by atoms with Crippen LogP contribution in [0.2, 0.25) is 0 Å². The summed E-state index contributed by atoms with van der Waals surface area (Å²) >= 11 is 0. The van der Waals surface area contributed by atoms with Crippen LogP contribution in [0.5, 0.6) is 0 Å². The van der Waals surface area contributed by atoms with Crippen LogP contribution in [0.4, 0.5) is 8.78 Å². The molecule has 0 radical (unpaired) electrons. The minimum absolute atomic E-state index is 0.104. The molecule has 25 heavy (non-hydrogen) atoms. The number of halogens is 2. The fourth-order valence-corrected chi connectivity index (χ4v) is 2.75. The van der Waals surface area contributed by atoms with Crippen molar-refractivity contribution < 1.29 is 18.4 Å². The standard InChI is InChI=1S/C19H18F2N2O2/c20-16-7-6-13(8-17(16)21)14-9-15(14)19(25)23-11-18(24)22-10-12-4-2-1-3-5-12/h1-8,14-15H,9-11H2,(H,22,24)(H,23,25)/t14-,15-/m0/s1. The molecule has 2 aromatic rings. The van der Waals surface area contributed by atoms with E-state index < -0.39 is 11.6 Å². The largest absolute Gasteiger partial charge is 0.350 e. The van der Waals surface area contributed by atoms with Crippen molar-refractivity contribution >= 4 is 11.8 Å². The molecule has 2 amide bonds. The van der Waals surface area contributed by atoms with E-state index in [1.165, 1.54) is 6.07 Å². The average molecular weight is 344 g/mol. The molecule has 2 aromatic carbocycles. The predicted molar refractivity (Wildman–Crippen MR) is 88.5 cm³/mol. The SMILES string of the molecule is O=C(CNC(=O)[C@H]1C[C@H]1c1ccc(F)c(F)c1)NCc1ccccc1. The minimum atomic E-state index is -0.913. The zero-order valence-corrected chi connectivity index (χ0v) is 13.5. The van der Waals surface area contributed by atoms with Gasteiger partial charge in [0.25, 0.3) is 0 Å². The van der Waals surface area contributed by atoms with Gasteiger partial charge in [-0.05, 0) is 35.6 Å². The molecule has 1 aliphatic carbocycles. The molecular formula is C19H18F2N2O2. The molecule has 4 nitrogen and oxygen atoms in total. The van der Waals surface area contributed by atoms with E-state index in [1.54, 1.807) is 0 Å². The van der Waals surface area contributed by atoms with Gasteiger partial charge in [0, 0.05) is 12.5 Å². The molecule has 0 spiro atoms. The van der Waals surface area contributed by atoms with E-state index >= 15 is 0 Å². The maximum atomic E-state index is 13.2. The van der Waals surface area contributed by atoms with Crippen molar-refractivity contribution in [3.63, 3.8) is 0 Å². The van der Waals surface area contributed by atoms with Crippen molar-refractivity contribution in [1.29, 1.82) is 0 Å². The third kappa shape index (κ3) is 4.41. The smallest absolute Gasteiger partial charge is 0.239 e. The Morgan fingerprint density at radius 1 is 1.00 bits per heavy atom. The highest BCUT2D eigenvalue weighted by molar-refractivity contribution is 5.87.